The van der Waals surface area contributed by atoms with Crippen LogP contribution in [-0.4, -0.2) is 20.7 Å². The van der Waals surface area contributed by atoms with Crippen molar-refractivity contribution in [1.82, 2.24) is 20.1 Å². The van der Waals surface area contributed by atoms with Crippen LogP contribution in [0.25, 0.3) is 21.5 Å². The summed E-state index contributed by atoms with van der Waals surface area (Å²) in [5.74, 6) is -0.154. The zero-order valence-corrected chi connectivity index (χ0v) is 16.3. The molecule has 0 aliphatic heterocycles. The van der Waals surface area contributed by atoms with Crippen LogP contribution in [0.4, 0.5) is 0 Å². The van der Waals surface area contributed by atoms with Gasteiger partial charge in [0.05, 0.1) is 16.1 Å². The monoisotopic (exact) mass is 426 g/mol. The van der Waals surface area contributed by atoms with Gasteiger partial charge in [-0.3, -0.25) is 14.5 Å². The van der Waals surface area contributed by atoms with Gasteiger partial charge in [-0.2, -0.15) is 5.10 Å². The number of carbonyl (C=O) groups is 1. The number of aryl methyl sites for hydroxylation is 1. The highest BCUT2D eigenvalue weighted by atomic mass is 79.9. The topological polar surface area (TPSA) is 59.8 Å². The van der Waals surface area contributed by atoms with E-state index >= 15 is 0 Å². The van der Waals surface area contributed by atoms with E-state index in [1.165, 1.54) is 0 Å². The van der Waals surface area contributed by atoms with Crippen molar-refractivity contribution in [2.75, 3.05) is 0 Å². The van der Waals surface area contributed by atoms with Gasteiger partial charge < -0.3 is 5.32 Å². The summed E-state index contributed by atoms with van der Waals surface area (Å²) in [6, 6.07) is 13.6. The Balaban J connectivity index is 1.60. The Morgan fingerprint density at radius 1 is 1.27 bits per heavy atom. The fraction of sp³-hybridized carbons (Fsp3) is 0.105. The lowest BCUT2D eigenvalue weighted by atomic mass is 10.1. The normalized spacial score (nSPS) is 11.0. The van der Waals surface area contributed by atoms with Gasteiger partial charge in [-0.15, -0.1) is 11.3 Å². The van der Waals surface area contributed by atoms with Crippen molar-refractivity contribution in [1.29, 1.82) is 0 Å². The number of amides is 1. The molecule has 0 radical (unpaired) electrons. The molecule has 1 amide bonds. The molecule has 1 N–H and O–H groups in total. The van der Waals surface area contributed by atoms with Crippen molar-refractivity contribution in [2.45, 2.75) is 6.54 Å². The molecule has 26 heavy (non-hydrogen) atoms. The third kappa shape index (κ3) is 3.15. The zero-order chi connectivity index (χ0) is 18.1. The number of halogens is 1. The molecule has 0 saturated carbocycles. The van der Waals surface area contributed by atoms with Crippen LogP contribution in [0, 0.1) is 0 Å². The first-order chi connectivity index (χ1) is 12.6. The first kappa shape index (κ1) is 16.9. The van der Waals surface area contributed by atoms with Gasteiger partial charge in [0.25, 0.3) is 5.91 Å². The fourth-order valence-electron chi connectivity index (χ4n) is 2.92. The lowest BCUT2D eigenvalue weighted by Gasteiger charge is -2.09. The number of benzene rings is 1. The Bertz CT molecular complexity index is 1090. The summed E-state index contributed by atoms with van der Waals surface area (Å²) < 4.78 is 2.56. The van der Waals surface area contributed by atoms with Crippen molar-refractivity contribution >= 4 is 44.1 Å². The first-order valence-electron chi connectivity index (χ1n) is 8.01. The van der Waals surface area contributed by atoms with E-state index in [1.54, 1.807) is 29.3 Å². The predicted octanol–water partition coefficient (Wildman–Crippen LogP) is 4.39. The minimum atomic E-state index is -0.154. The molecule has 4 aromatic rings. The standard InChI is InChI=1S/C19H15BrN4OS/c1-24-18(14-7-6-13(20)10-15(14)23-24)19(25)22-11-12-4-2-8-21-17(12)16-5-3-9-26-16/h2-10H,11H2,1H3,(H,22,25). The summed E-state index contributed by atoms with van der Waals surface area (Å²) in [5.41, 5.74) is 3.22. The quantitative estimate of drug-likeness (QED) is 0.526. The van der Waals surface area contributed by atoms with Crippen molar-refractivity contribution in [2.24, 2.45) is 7.05 Å². The number of carbonyl (C=O) groups excluding carboxylic acids is 1. The second-order valence-corrected chi connectivity index (χ2v) is 7.67. The fourth-order valence-corrected chi connectivity index (χ4v) is 4.02. The van der Waals surface area contributed by atoms with E-state index in [2.05, 4.69) is 31.3 Å². The molecule has 1 aromatic carbocycles. The van der Waals surface area contributed by atoms with Crippen LogP contribution in [0.1, 0.15) is 16.1 Å². The molecule has 0 atom stereocenters. The SMILES string of the molecule is Cn1nc2cc(Br)ccc2c1C(=O)NCc1cccnc1-c1cccs1. The predicted molar refractivity (Wildman–Crippen MR) is 107 cm³/mol. The molecule has 5 nitrogen and oxygen atoms in total. The number of aromatic nitrogens is 3. The number of nitrogens with zero attached hydrogens (tertiary/aromatic N) is 3. The Morgan fingerprint density at radius 3 is 2.96 bits per heavy atom. The van der Waals surface area contributed by atoms with Gasteiger partial charge in [-0.25, -0.2) is 0 Å². The first-order valence-corrected chi connectivity index (χ1v) is 9.69. The van der Waals surface area contributed by atoms with Gasteiger partial charge >= 0.3 is 0 Å². The average molecular weight is 427 g/mol. The molecule has 0 bridgehead atoms. The maximum Gasteiger partial charge on any atom is 0.270 e. The highest BCUT2D eigenvalue weighted by Gasteiger charge is 2.17. The van der Waals surface area contributed by atoms with E-state index in [1.807, 2.05) is 47.8 Å². The molecule has 3 heterocycles. The number of pyridine rings is 1. The average Bonchev–Trinajstić information content (AvgIpc) is 3.26. The highest BCUT2D eigenvalue weighted by Crippen LogP contribution is 2.26. The molecule has 7 heteroatoms. The van der Waals surface area contributed by atoms with Crippen LogP contribution >= 0.6 is 27.3 Å². The van der Waals surface area contributed by atoms with Gasteiger partial charge in [-0.1, -0.05) is 28.1 Å². The second-order valence-electron chi connectivity index (χ2n) is 5.80. The van der Waals surface area contributed by atoms with Crippen LogP contribution < -0.4 is 5.32 Å². The second kappa shape index (κ2) is 7.01. The Hall–Kier alpha value is -2.51. The lowest BCUT2D eigenvalue weighted by molar-refractivity contribution is 0.0943. The summed E-state index contributed by atoms with van der Waals surface area (Å²) in [6.45, 7) is 0.406. The number of fused-ring (bicyclic) bond motifs is 1. The number of rotatable bonds is 4. The number of hydrogen-bond acceptors (Lipinski definition) is 4. The van der Waals surface area contributed by atoms with Gasteiger partial charge in [-0.05, 0) is 41.3 Å². The lowest BCUT2D eigenvalue weighted by Crippen LogP contribution is -2.25. The van der Waals surface area contributed by atoms with E-state index in [0.29, 0.717) is 12.2 Å². The Morgan fingerprint density at radius 2 is 2.15 bits per heavy atom. The summed E-state index contributed by atoms with van der Waals surface area (Å²) >= 11 is 5.07. The summed E-state index contributed by atoms with van der Waals surface area (Å²) in [6.07, 6.45) is 1.77. The maximum atomic E-state index is 12.8. The number of hydrogen-bond donors (Lipinski definition) is 1. The van der Waals surface area contributed by atoms with Crippen molar-refractivity contribution in [3.63, 3.8) is 0 Å². The van der Waals surface area contributed by atoms with Crippen LogP contribution in [-0.2, 0) is 13.6 Å². The van der Waals surface area contributed by atoms with E-state index in [4.69, 9.17) is 0 Å². The van der Waals surface area contributed by atoms with Crippen LogP contribution in [0.2, 0.25) is 0 Å². The van der Waals surface area contributed by atoms with Gasteiger partial charge in [0.1, 0.15) is 5.69 Å². The van der Waals surface area contributed by atoms with E-state index in [9.17, 15) is 4.79 Å². The summed E-state index contributed by atoms with van der Waals surface area (Å²) in [7, 11) is 1.78. The Kier molecular flexibility index (Phi) is 4.57. The van der Waals surface area contributed by atoms with Crippen LogP contribution in [0.15, 0.2) is 58.5 Å². The van der Waals surface area contributed by atoms with Crippen LogP contribution in [0.5, 0.6) is 0 Å². The van der Waals surface area contributed by atoms with Crippen molar-refractivity contribution in [3.8, 4) is 10.6 Å². The minimum absolute atomic E-state index is 0.154. The molecule has 0 spiro atoms. The molecule has 0 aliphatic carbocycles. The van der Waals surface area contributed by atoms with Crippen molar-refractivity contribution < 1.29 is 4.79 Å². The summed E-state index contributed by atoms with van der Waals surface area (Å²) in [4.78, 5) is 18.4. The Labute approximate surface area is 162 Å². The summed E-state index contributed by atoms with van der Waals surface area (Å²) in [5, 5.41) is 10.3. The smallest absolute Gasteiger partial charge is 0.270 e. The molecule has 130 valence electrons. The molecule has 3 aromatic heterocycles. The largest absolute Gasteiger partial charge is 0.347 e. The van der Waals surface area contributed by atoms with Crippen LogP contribution in [0.3, 0.4) is 0 Å². The third-order valence-corrected chi connectivity index (χ3v) is 5.47. The minimum Gasteiger partial charge on any atom is -0.347 e. The molecule has 0 aliphatic rings. The molecule has 0 saturated heterocycles. The van der Waals surface area contributed by atoms with E-state index in [-0.39, 0.29) is 5.91 Å². The van der Waals surface area contributed by atoms with Gasteiger partial charge in [0, 0.05) is 29.6 Å². The molecule has 0 fully saturated rings. The molecular formula is C19H15BrN4OS. The van der Waals surface area contributed by atoms with Gasteiger partial charge in [0.2, 0.25) is 0 Å². The molecule has 0 unspecified atom stereocenters. The number of thiophene rings is 1. The maximum absolute atomic E-state index is 12.8. The van der Waals surface area contributed by atoms with Gasteiger partial charge in [0.15, 0.2) is 0 Å². The van der Waals surface area contributed by atoms with E-state index < -0.39 is 0 Å². The molecular weight excluding hydrogens is 412 g/mol. The third-order valence-electron chi connectivity index (χ3n) is 4.10. The molecule has 4 rings (SSSR count). The van der Waals surface area contributed by atoms with Crippen molar-refractivity contribution in [3.05, 3.63) is 69.8 Å². The zero-order valence-electron chi connectivity index (χ0n) is 13.9. The van der Waals surface area contributed by atoms with E-state index in [0.717, 1.165) is 31.5 Å². The highest BCUT2D eigenvalue weighted by molar-refractivity contribution is 9.10. The number of nitrogens with one attached hydrogen (secondary N) is 1.